The Bertz CT molecular complexity index is 991. The summed E-state index contributed by atoms with van der Waals surface area (Å²) in [5, 5.41) is 0.147. The average Bonchev–Trinajstić information content (AvgIpc) is 2.77. The van der Waals surface area contributed by atoms with Crippen LogP contribution in [0.3, 0.4) is 0 Å². The van der Waals surface area contributed by atoms with E-state index in [1.165, 1.54) is 18.2 Å². The number of carbonyl (C=O) groups is 1. The number of anilines is 1. The summed E-state index contributed by atoms with van der Waals surface area (Å²) in [6.45, 7) is 6.77. The van der Waals surface area contributed by atoms with Crippen molar-refractivity contribution in [2.45, 2.75) is 18.7 Å². The second-order valence-corrected chi connectivity index (χ2v) is 10.0. The summed E-state index contributed by atoms with van der Waals surface area (Å²) in [4.78, 5) is 16.6. The van der Waals surface area contributed by atoms with Crippen LogP contribution >= 0.6 is 11.6 Å². The Morgan fingerprint density at radius 3 is 2.39 bits per heavy atom. The predicted molar refractivity (Wildman–Crippen MR) is 122 cm³/mol. The van der Waals surface area contributed by atoms with Crippen molar-refractivity contribution >= 4 is 33.2 Å². The molecule has 0 unspecified atom stereocenters. The number of ether oxygens (including phenoxy) is 1. The third-order valence-electron chi connectivity index (χ3n) is 5.00. The van der Waals surface area contributed by atoms with Crippen molar-refractivity contribution in [3.8, 4) is 5.75 Å². The Balaban J connectivity index is 1.52. The quantitative estimate of drug-likeness (QED) is 0.648. The molecule has 0 atom stereocenters. The zero-order valence-corrected chi connectivity index (χ0v) is 19.3. The van der Waals surface area contributed by atoms with E-state index in [1.54, 1.807) is 4.90 Å². The predicted octanol–water partition coefficient (Wildman–Crippen LogP) is 3.00. The number of hydrogen-bond acceptors (Lipinski definition) is 5. The second-order valence-electron chi connectivity index (χ2n) is 7.83. The molecule has 0 saturated carbocycles. The zero-order chi connectivity index (χ0) is 22.4. The van der Waals surface area contributed by atoms with Crippen LogP contribution in [0.2, 0.25) is 5.02 Å². The molecule has 1 amide bonds. The lowest BCUT2D eigenvalue weighted by molar-refractivity contribution is -0.133. The number of rotatable bonds is 8. The number of carbonyl (C=O) groups excluding carboxylic acids is 1. The van der Waals surface area contributed by atoms with Gasteiger partial charge in [0.25, 0.3) is 5.91 Å². The van der Waals surface area contributed by atoms with E-state index in [0.29, 0.717) is 19.6 Å². The van der Waals surface area contributed by atoms with Crippen LogP contribution in [0.25, 0.3) is 0 Å². The molecule has 1 aliphatic heterocycles. The molecule has 1 heterocycles. The number of piperazine rings is 1. The number of nitrogens with zero attached hydrogens (tertiary/aromatic N) is 2. The lowest BCUT2D eigenvalue weighted by atomic mass is 10.2. The molecule has 31 heavy (non-hydrogen) atoms. The summed E-state index contributed by atoms with van der Waals surface area (Å²) in [5.74, 6) is 0.341. The topological polar surface area (TPSA) is 78.9 Å². The standard InChI is InChI=1S/C22H28ClN3O4S/c1-17(2)15-24-31(28,29)19-8-9-21(20(23)14-19)30-16-22(27)26-12-10-25(11-13-26)18-6-4-3-5-7-18/h3-9,14,17,24H,10-13,15-16H2,1-2H3. The number of sulfonamides is 1. The van der Waals surface area contributed by atoms with E-state index >= 15 is 0 Å². The van der Waals surface area contributed by atoms with Gasteiger partial charge in [-0.1, -0.05) is 43.6 Å². The van der Waals surface area contributed by atoms with E-state index in [9.17, 15) is 13.2 Å². The molecule has 1 fully saturated rings. The molecule has 3 rings (SSSR count). The highest BCUT2D eigenvalue weighted by atomic mass is 35.5. The summed E-state index contributed by atoms with van der Waals surface area (Å²) in [5.41, 5.74) is 1.15. The SMILES string of the molecule is CC(C)CNS(=O)(=O)c1ccc(OCC(=O)N2CCN(c3ccccc3)CC2)c(Cl)c1. The summed E-state index contributed by atoms with van der Waals surface area (Å²) < 4.78 is 32.8. The Morgan fingerprint density at radius 1 is 1.10 bits per heavy atom. The van der Waals surface area contributed by atoms with Gasteiger partial charge < -0.3 is 14.5 Å². The molecule has 9 heteroatoms. The number of hydrogen-bond donors (Lipinski definition) is 1. The van der Waals surface area contributed by atoms with E-state index < -0.39 is 10.0 Å². The Kier molecular flexibility index (Phi) is 7.80. The van der Waals surface area contributed by atoms with Crippen molar-refractivity contribution in [3.05, 3.63) is 53.6 Å². The third-order valence-corrected chi connectivity index (χ3v) is 6.72. The average molecular weight is 466 g/mol. The fourth-order valence-corrected chi connectivity index (χ4v) is 4.75. The first-order valence-corrected chi connectivity index (χ1v) is 12.1. The molecule has 2 aromatic rings. The van der Waals surface area contributed by atoms with Crippen LogP contribution in [-0.4, -0.2) is 58.6 Å². The Morgan fingerprint density at radius 2 is 1.77 bits per heavy atom. The van der Waals surface area contributed by atoms with Crippen LogP contribution in [0.5, 0.6) is 5.75 Å². The molecule has 0 bridgehead atoms. The van der Waals surface area contributed by atoms with E-state index in [-0.39, 0.29) is 34.1 Å². The van der Waals surface area contributed by atoms with E-state index in [2.05, 4.69) is 21.8 Å². The van der Waals surface area contributed by atoms with Gasteiger partial charge in [-0.15, -0.1) is 0 Å². The number of benzene rings is 2. The molecule has 1 saturated heterocycles. The van der Waals surface area contributed by atoms with Gasteiger partial charge in [0, 0.05) is 38.4 Å². The van der Waals surface area contributed by atoms with Gasteiger partial charge >= 0.3 is 0 Å². The van der Waals surface area contributed by atoms with Crippen LogP contribution in [0.15, 0.2) is 53.4 Å². The van der Waals surface area contributed by atoms with Crippen molar-refractivity contribution < 1.29 is 17.9 Å². The molecule has 2 aromatic carbocycles. The fourth-order valence-electron chi connectivity index (χ4n) is 3.21. The van der Waals surface area contributed by atoms with Crippen LogP contribution in [0, 0.1) is 5.92 Å². The molecular weight excluding hydrogens is 438 g/mol. The van der Waals surface area contributed by atoms with Gasteiger partial charge in [-0.25, -0.2) is 13.1 Å². The Hall–Kier alpha value is -2.29. The normalized spacial score (nSPS) is 14.7. The van der Waals surface area contributed by atoms with Crippen LogP contribution < -0.4 is 14.4 Å². The highest BCUT2D eigenvalue weighted by Gasteiger charge is 2.22. The van der Waals surface area contributed by atoms with Crippen molar-refractivity contribution in [2.24, 2.45) is 5.92 Å². The summed E-state index contributed by atoms with van der Waals surface area (Å²) in [7, 11) is -3.64. The molecule has 168 valence electrons. The van der Waals surface area contributed by atoms with Crippen LogP contribution in [-0.2, 0) is 14.8 Å². The second kappa shape index (κ2) is 10.3. The third kappa shape index (κ3) is 6.35. The Labute approximate surface area is 189 Å². The number of amides is 1. The van der Waals surface area contributed by atoms with Gasteiger partial charge in [0.05, 0.1) is 9.92 Å². The molecule has 7 nitrogen and oxygen atoms in total. The summed E-state index contributed by atoms with van der Waals surface area (Å²) in [6, 6.07) is 14.3. The van der Waals surface area contributed by atoms with E-state index in [4.69, 9.17) is 16.3 Å². The summed E-state index contributed by atoms with van der Waals surface area (Å²) in [6.07, 6.45) is 0. The summed E-state index contributed by atoms with van der Waals surface area (Å²) >= 11 is 6.21. The minimum atomic E-state index is -3.64. The maximum absolute atomic E-state index is 12.5. The first kappa shape index (κ1) is 23.4. The van der Waals surface area contributed by atoms with Gasteiger partial charge in [-0.05, 0) is 36.2 Å². The smallest absolute Gasteiger partial charge is 0.260 e. The van der Waals surface area contributed by atoms with Gasteiger partial charge in [0.2, 0.25) is 10.0 Å². The lowest BCUT2D eigenvalue weighted by Gasteiger charge is -2.36. The molecule has 0 spiro atoms. The number of para-hydroxylation sites is 1. The van der Waals surface area contributed by atoms with Gasteiger partial charge in [-0.3, -0.25) is 4.79 Å². The fraction of sp³-hybridized carbons (Fsp3) is 0.409. The lowest BCUT2D eigenvalue weighted by Crippen LogP contribution is -2.50. The minimum Gasteiger partial charge on any atom is -0.482 e. The van der Waals surface area contributed by atoms with Crippen molar-refractivity contribution in [3.63, 3.8) is 0 Å². The van der Waals surface area contributed by atoms with Gasteiger partial charge in [0.1, 0.15) is 5.75 Å². The molecule has 0 aromatic heterocycles. The van der Waals surface area contributed by atoms with Crippen molar-refractivity contribution in [1.29, 1.82) is 0 Å². The molecule has 0 radical (unpaired) electrons. The van der Waals surface area contributed by atoms with E-state index in [1.807, 2.05) is 32.0 Å². The highest BCUT2D eigenvalue weighted by Crippen LogP contribution is 2.27. The first-order chi connectivity index (χ1) is 14.8. The zero-order valence-electron chi connectivity index (χ0n) is 17.8. The minimum absolute atomic E-state index is 0.0638. The first-order valence-electron chi connectivity index (χ1n) is 10.3. The molecule has 1 aliphatic rings. The maximum atomic E-state index is 12.5. The van der Waals surface area contributed by atoms with Crippen LogP contribution in [0.1, 0.15) is 13.8 Å². The monoisotopic (exact) mass is 465 g/mol. The molecule has 0 aliphatic carbocycles. The molecular formula is C22H28ClN3O4S. The molecule has 1 N–H and O–H groups in total. The number of halogens is 1. The maximum Gasteiger partial charge on any atom is 0.260 e. The van der Waals surface area contributed by atoms with Gasteiger partial charge in [-0.2, -0.15) is 0 Å². The largest absolute Gasteiger partial charge is 0.482 e. The highest BCUT2D eigenvalue weighted by molar-refractivity contribution is 7.89. The van der Waals surface area contributed by atoms with Gasteiger partial charge in [0.15, 0.2) is 6.61 Å². The number of nitrogens with one attached hydrogen (secondary N) is 1. The van der Waals surface area contributed by atoms with E-state index in [0.717, 1.165) is 18.8 Å². The van der Waals surface area contributed by atoms with Crippen LogP contribution in [0.4, 0.5) is 5.69 Å². The van der Waals surface area contributed by atoms with Crippen molar-refractivity contribution in [1.82, 2.24) is 9.62 Å². The van der Waals surface area contributed by atoms with Crippen molar-refractivity contribution in [2.75, 3.05) is 44.2 Å².